The van der Waals surface area contributed by atoms with Crippen molar-refractivity contribution in [1.82, 2.24) is 0 Å². The van der Waals surface area contributed by atoms with E-state index in [0.717, 1.165) is 0 Å². The summed E-state index contributed by atoms with van der Waals surface area (Å²) >= 11 is 0. The fraction of sp³-hybridized carbons (Fsp3) is 0.235. The van der Waals surface area contributed by atoms with Crippen molar-refractivity contribution in [2.45, 2.75) is 19.4 Å². The standard InChI is InChI=1S/C17H17F2NO2/c1-2-22-16(21)10-15(20)13-8-5-7-12(17(13)19)11-6-3-4-9-14(11)18/h3-9,15H,2,10,20H2,1H3. The summed E-state index contributed by atoms with van der Waals surface area (Å²) in [6.07, 6.45) is -0.133. The van der Waals surface area contributed by atoms with Crippen LogP contribution in [0.2, 0.25) is 0 Å². The summed E-state index contributed by atoms with van der Waals surface area (Å²) in [7, 11) is 0. The van der Waals surface area contributed by atoms with Gasteiger partial charge in [0.05, 0.1) is 13.0 Å². The molecule has 0 spiro atoms. The molecule has 2 rings (SSSR count). The first-order valence-electron chi connectivity index (χ1n) is 6.99. The molecular formula is C17H17F2NO2. The first-order valence-corrected chi connectivity index (χ1v) is 6.99. The minimum absolute atomic E-state index is 0.120. The number of halogens is 2. The van der Waals surface area contributed by atoms with Gasteiger partial charge in [-0.25, -0.2) is 8.78 Å². The number of ether oxygens (including phenoxy) is 1. The van der Waals surface area contributed by atoms with Gasteiger partial charge in [0.1, 0.15) is 11.6 Å². The molecule has 0 saturated carbocycles. The lowest BCUT2D eigenvalue weighted by atomic mass is 9.97. The Labute approximate surface area is 127 Å². The zero-order valence-corrected chi connectivity index (χ0v) is 12.2. The van der Waals surface area contributed by atoms with Gasteiger partial charge in [0.25, 0.3) is 0 Å². The van der Waals surface area contributed by atoms with Crippen LogP contribution in [-0.4, -0.2) is 12.6 Å². The van der Waals surface area contributed by atoms with Gasteiger partial charge >= 0.3 is 5.97 Å². The summed E-state index contributed by atoms with van der Waals surface area (Å²) in [4.78, 5) is 11.5. The van der Waals surface area contributed by atoms with Gasteiger partial charge in [0, 0.05) is 22.7 Å². The molecule has 22 heavy (non-hydrogen) atoms. The SMILES string of the molecule is CCOC(=O)CC(N)c1cccc(-c2ccccc2F)c1F. The lowest BCUT2D eigenvalue weighted by molar-refractivity contribution is -0.143. The molecule has 0 bridgehead atoms. The molecule has 0 heterocycles. The average molecular weight is 305 g/mol. The largest absolute Gasteiger partial charge is 0.466 e. The Bertz CT molecular complexity index is 673. The molecule has 0 aromatic heterocycles. The highest BCUT2D eigenvalue weighted by molar-refractivity contribution is 5.71. The van der Waals surface area contributed by atoms with E-state index in [4.69, 9.17) is 10.5 Å². The summed E-state index contributed by atoms with van der Waals surface area (Å²) in [5, 5.41) is 0. The van der Waals surface area contributed by atoms with E-state index in [1.54, 1.807) is 19.1 Å². The molecule has 3 nitrogen and oxygen atoms in total. The molecule has 5 heteroatoms. The summed E-state index contributed by atoms with van der Waals surface area (Å²) in [6, 6.07) is 9.64. The second-order valence-electron chi connectivity index (χ2n) is 4.80. The van der Waals surface area contributed by atoms with Gasteiger partial charge in [0.15, 0.2) is 0 Å². The Hall–Kier alpha value is -2.27. The minimum atomic E-state index is -0.842. The van der Waals surface area contributed by atoms with Crippen molar-refractivity contribution in [2.75, 3.05) is 6.61 Å². The number of carbonyl (C=O) groups is 1. The van der Waals surface area contributed by atoms with E-state index >= 15 is 0 Å². The molecule has 0 aliphatic heterocycles. The van der Waals surface area contributed by atoms with Crippen LogP contribution in [0.25, 0.3) is 11.1 Å². The Morgan fingerprint density at radius 2 is 1.82 bits per heavy atom. The zero-order chi connectivity index (χ0) is 16.1. The molecule has 0 fully saturated rings. The molecule has 0 aliphatic rings. The first-order chi connectivity index (χ1) is 10.5. The van der Waals surface area contributed by atoms with Crippen LogP contribution in [-0.2, 0) is 9.53 Å². The molecule has 2 N–H and O–H groups in total. The van der Waals surface area contributed by atoms with Crippen molar-refractivity contribution in [3.05, 3.63) is 59.7 Å². The van der Waals surface area contributed by atoms with Crippen molar-refractivity contribution in [3.8, 4) is 11.1 Å². The Balaban J connectivity index is 2.34. The summed E-state index contributed by atoms with van der Waals surface area (Å²) in [5.74, 6) is -1.63. The normalized spacial score (nSPS) is 12.0. The van der Waals surface area contributed by atoms with Crippen LogP contribution in [0.3, 0.4) is 0 Å². The predicted octanol–water partition coefficient (Wildman–Crippen LogP) is 3.58. The highest BCUT2D eigenvalue weighted by Crippen LogP contribution is 2.30. The van der Waals surface area contributed by atoms with E-state index in [-0.39, 0.29) is 29.7 Å². The maximum atomic E-state index is 14.6. The van der Waals surface area contributed by atoms with Gasteiger partial charge in [-0.1, -0.05) is 36.4 Å². The molecule has 1 unspecified atom stereocenters. The second-order valence-corrected chi connectivity index (χ2v) is 4.80. The fourth-order valence-corrected chi connectivity index (χ4v) is 2.23. The first kappa shape index (κ1) is 16.1. The third-order valence-electron chi connectivity index (χ3n) is 3.28. The van der Waals surface area contributed by atoms with Crippen LogP contribution in [0.4, 0.5) is 8.78 Å². The van der Waals surface area contributed by atoms with E-state index in [9.17, 15) is 13.6 Å². The number of hydrogen-bond donors (Lipinski definition) is 1. The van der Waals surface area contributed by atoms with E-state index in [1.165, 1.54) is 30.3 Å². The van der Waals surface area contributed by atoms with E-state index in [2.05, 4.69) is 0 Å². The fourth-order valence-electron chi connectivity index (χ4n) is 2.23. The monoisotopic (exact) mass is 305 g/mol. The number of carbonyl (C=O) groups excluding carboxylic acids is 1. The third kappa shape index (κ3) is 3.49. The second kappa shape index (κ2) is 7.13. The molecule has 2 aromatic carbocycles. The number of nitrogens with two attached hydrogens (primary N) is 1. The van der Waals surface area contributed by atoms with E-state index < -0.39 is 23.6 Å². The van der Waals surface area contributed by atoms with E-state index in [0.29, 0.717) is 0 Å². The highest BCUT2D eigenvalue weighted by Gasteiger charge is 2.19. The molecule has 0 amide bonds. The molecule has 116 valence electrons. The topological polar surface area (TPSA) is 52.3 Å². The van der Waals surface area contributed by atoms with Crippen molar-refractivity contribution in [3.63, 3.8) is 0 Å². The van der Waals surface area contributed by atoms with Gasteiger partial charge in [-0.15, -0.1) is 0 Å². The number of benzene rings is 2. The third-order valence-corrected chi connectivity index (χ3v) is 3.28. The number of rotatable bonds is 5. The van der Waals surface area contributed by atoms with Crippen LogP contribution in [0.15, 0.2) is 42.5 Å². The highest BCUT2D eigenvalue weighted by atomic mass is 19.1. The summed E-state index contributed by atoms with van der Waals surface area (Å²) < 4.78 is 33.3. The zero-order valence-electron chi connectivity index (χ0n) is 12.2. The lowest BCUT2D eigenvalue weighted by Gasteiger charge is -2.15. The minimum Gasteiger partial charge on any atom is -0.466 e. The maximum Gasteiger partial charge on any atom is 0.307 e. The van der Waals surface area contributed by atoms with Gasteiger partial charge in [-0.05, 0) is 13.0 Å². The average Bonchev–Trinajstić information content (AvgIpc) is 2.48. The number of esters is 1. The molecule has 1 atom stereocenters. The quantitative estimate of drug-likeness (QED) is 0.859. The van der Waals surface area contributed by atoms with Crippen molar-refractivity contribution in [2.24, 2.45) is 5.73 Å². The van der Waals surface area contributed by atoms with Gasteiger partial charge in [0.2, 0.25) is 0 Å². The van der Waals surface area contributed by atoms with Crippen molar-refractivity contribution in [1.29, 1.82) is 0 Å². The molecule has 2 aromatic rings. The van der Waals surface area contributed by atoms with Gasteiger partial charge < -0.3 is 10.5 Å². The van der Waals surface area contributed by atoms with Crippen LogP contribution in [0.1, 0.15) is 24.9 Å². The number of hydrogen-bond acceptors (Lipinski definition) is 3. The summed E-state index contributed by atoms with van der Waals surface area (Å²) in [5.41, 5.74) is 6.32. The molecule has 0 aliphatic carbocycles. The molecule has 0 radical (unpaired) electrons. The van der Waals surface area contributed by atoms with Crippen LogP contribution >= 0.6 is 0 Å². The summed E-state index contributed by atoms with van der Waals surface area (Å²) in [6.45, 7) is 1.92. The Morgan fingerprint density at radius 3 is 2.50 bits per heavy atom. The van der Waals surface area contributed by atoms with E-state index in [1.807, 2.05) is 0 Å². The van der Waals surface area contributed by atoms with Crippen molar-refractivity contribution < 1.29 is 18.3 Å². The van der Waals surface area contributed by atoms with Gasteiger partial charge in [-0.2, -0.15) is 0 Å². The predicted molar refractivity (Wildman–Crippen MR) is 80.0 cm³/mol. The van der Waals surface area contributed by atoms with Crippen molar-refractivity contribution >= 4 is 5.97 Å². The van der Waals surface area contributed by atoms with Crippen LogP contribution in [0, 0.1) is 11.6 Å². The van der Waals surface area contributed by atoms with Crippen LogP contribution < -0.4 is 5.73 Å². The molecule has 0 saturated heterocycles. The lowest BCUT2D eigenvalue weighted by Crippen LogP contribution is -2.18. The Morgan fingerprint density at radius 1 is 1.14 bits per heavy atom. The molecular weight excluding hydrogens is 288 g/mol. The van der Waals surface area contributed by atoms with Gasteiger partial charge in [-0.3, -0.25) is 4.79 Å². The maximum absolute atomic E-state index is 14.6. The smallest absolute Gasteiger partial charge is 0.307 e. The van der Waals surface area contributed by atoms with Crippen LogP contribution in [0.5, 0.6) is 0 Å². The Kier molecular flexibility index (Phi) is 5.22.